The second kappa shape index (κ2) is 5.15. The zero-order valence-corrected chi connectivity index (χ0v) is 9.60. The molecule has 0 saturated heterocycles. The van der Waals surface area contributed by atoms with Crippen LogP contribution in [0.1, 0.15) is 37.6 Å². The zero-order chi connectivity index (χ0) is 10.6. The van der Waals surface area contributed by atoms with Crippen LogP contribution in [0.15, 0.2) is 23.4 Å². The Hall–Kier alpha value is -0.830. The third kappa shape index (κ3) is 3.14. The van der Waals surface area contributed by atoms with E-state index in [0.29, 0.717) is 5.25 Å². The van der Waals surface area contributed by atoms with Crippen molar-refractivity contribution in [3.63, 3.8) is 0 Å². The smallest absolute Gasteiger partial charge is 0.159 e. The molecule has 0 saturated carbocycles. The van der Waals surface area contributed by atoms with Crippen LogP contribution in [0.4, 0.5) is 0 Å². The first kappa shape index (κ1) is 11.2. The normalized spacial score (nSPS) is 12.5. The molecule has 0 amide bonds. The molecule has 0 radical (unpaired) electrons. The summed E-state index contributed by atoms with van der Waals surface area (Å²) in [5.41, 5.74) is 0.741. The van der Waals surface area contributed by atoms with Crippen LogP contribution in [0.5, 0.6) is 0 Å². The average Bonchev–Trinajstić information content (AvgIpc) is 2.18. The molecule has 0 bridgehead atoms. The molecule has 1 aromatic rings. The number of hydrogen-bond acceptors (Lipinski definition) is 3. The fourth-order valence-corrected chi connectivity index (χ4v) is 1.88. The van der Waals surface area contributed by atoms with Gasteiger partial charge in [0.2, 0.25) is 0 Å². The number of pyridine rings is 1. The number of thioether (sulfide) groups is 1. The van der Waals surface area contributed by atoms with E-state index in [1.165, 1.54) is 0 Å². The summed E-state index contributed by atoms with van der Waals surface area (Å²) in [6, 6.07) is 3.61. The minimum atomic E-state index is 0.0957. The van der Waals surface area contributed by atoms with Crippen molar-refractivity contribution in [2.24, 2.45) is 0 Å². The molecule has 0 N–H and O–H groups in total. The molecule has 1 aromatic heterocycles. The summed E-state index contributed by atoms with van der Waals surface area (Å²) in [5.74, 6) is 0.0957. The molecule has 1 heterocycles. The molecule has 76 valence electrons. The highest BCUT2D eigenvalue weighted by Gasteiger charge is 2.05. The van der Waals surface area contributed by atoms with Crippen LogP contribution in [0, 0.1) is 0 Å². The number of Topliss-reactive ketones (excluding diaryl/α,β-unsaturated/α-hetero) is 1. The van der Waals surface area contributed by atoms with E-state index in [0.717, 1.165) is 17.0 Å². The highest BCUT2D eigenvalue weighted by molar-refractivity contribution is 7.99. The number of ketones is 1. The topological polar surface area (TPSA) is 30.0 Å². The van der Waals surface area contributed by atoms with Crippen LogP contribution >= 0.6 is 11.8 Å². The van der Waals surface area contributed by atoms with Crippen molar-refractivity contribution in [1.29, 1.82) is 0 Å². The number of aromatic nitrogens is 1. The Labute approximate surface area is 89.1 Å². The van der Waals surface area contributed by atoms with Crippen LogP contribution in [-0.4, -0.2) is 16.0 Å². The van der Waals surface area contributed by atoms with Crippen molar-refractivity contribution in [2.45, 2.75) is 37.5 Å². The molecule has 0 spiro atoms. The van der Waals surface area contributed by atoms with E-state index in [4.69, 9.17) is 0 Å². The van der Waals surface area contributed by atoms with E-state index >= 15 is 0 Å². The zero-order valence-electron chi connectivity index (χ0n) is 8.78. The van der Waals surface area contributed by atoms with E-state index < -0.39 is 0 Å². The summed E-state index contributed by atoms with van der Waals surface area (Å²) >= 11 is 1.71. The van der Waals surface area contributed by atoms with Crippen molar-refractivity contribution < 1.29 is 4.79 Å². The molecule has 0 aliphatic heterocycles. The molecule has 0 aliphatic rings. The minimum absolute atomic E-state index is 0.0957. The van der Waals surface area contributed by atoms with Gasteiger partial charge >= 0.3 is 0 Å². The van der Waals surface area contributed by atoms with E-state index in [-0.39, 0.29) is 5.78 Å². The van der Waals surface area contributed by atoms with Crippen molar-refractivity contribution in [3.8, 4) is 0 Å². The van der Waals surface area contributed by atoms with Gasteiger partial charge in [0.1, 0.15) is 0 Å². The SMILES string of the molecule is CCC(C)Sc1cc(C(C)=O)ccn1. The molecule has 2 nitrogen and oxygen atoms in total. The van der Waals surface area contributed by atoms with Gasteiger partial charge in [0.25, 0.3) is 0 Å². The summed E-state index contributed by atoms with van der Waals surface area (Å²) in [6.07, 6.45) is 2.80. The number of rotatable bonds is 4. The summed E-state index contributed by atoms with van der Waals surface area (Å²) < 4.78 is 0. The molecule has 1 rings (SSSR count). The van der Waals surface area contributed by atoms with Gasteiger partial charge in [0.15, 0.2) is 5.78 Å². The van der Waals surface area contributed by atoms with Gasteiger partial charge in [-0.15, -0.1) is 11.8 Å². The first-order chi connectivity index (χ1) is 6.63. The van der Waals surface area contributed by atoms with Crippen molar-refractivity contribution in [2.75, 3.05) is 0 Å². The van der Waals surface area contributed by atoms with Crippen LogP contribution in [0.2, 0.25) is 0 Å². The Bertz CT molecular complexity index is 325. The van der Waals surface area contributed by atoms with Gasteiger partial charge in [0.05, 0.1) is 5.03 Å². The number of carbonyl (C=O) groups excluding carboxylic acids is 1. The molecule has 1 unspecified atom stereocenters. The summed E-state index contributed by atoms with van der Waals surface area (Å²) in [7, 11) is 0. The van der Waals surface area contributed by atoms with Gasteiger partial charge in [-0.05, 0) is 25.5 Å². The molecule has 0 aromatic carbocycles. The Balaban J connectivity index is 2.78. The Morgan fingerprint density at radius 3 is 2.93 bits per heavy atom. The minimum Gasteiger partial charge on any atom is -0.295 e. The maximum absolute atomic E-state index is 11.1. The molecule has 3 heteroatoms. The van der Waals surface area contributed by atoms with Crippen LogP contribution in [0.25, 0.3) is 0 Å². The lowest BCUT2D eigenvalue weighted by molar-refractivity contribution is 0.101. The van der Waals surface area contributed by atoms with Crippen molar-refractivity contribution in [1.82, 2.24) is 4.98 Å². The number of nitrogens with zero attached hydrogens (tertiary/aromatic N) is 1. The molecule has 14 heavy (non-hydrogen) atoms. The predicted octanol–water partition coefficient (Wildman–Crippen LogP) is 3.17. The Kier molecular flexibility index (Phi) is 4.14. The standard InChI is InChI=1S/C11H15NOS/c1-4-8(2)14-11-7-10(9(3)13)5-6-12-11/h5-8H,4H2,1-3H3. The quantitative estimate of drug-likeness (QED) is 0.563. The van der Waals surface area contributed by atoms with Gasteiger partial charge in [-0.3, -0.25) is 4.79 Å². The third-order valence-electron chi connectivity index (χ3n) is 2.04. The first-order valence-corrected chi connectivity index (χ1v) is 5.65. The average molecular weight is 209 g/mol. The highest BCUT2D eigenvalue weighted by Crippen LogP contribution is 2.23. The van der Waals surface area contributed by atoms with Gasteiger partial charge < -0.3 is 0 Å². The van der Waals surface area contributed by atoms with Gasteiger partial charge in [-0.1, -0.05) is 13.8 Å². The summed E-state index contributed by atoms with van der Waals surface area (Å²) in [6.45, 7) is 5.88. The highest BCUT2D eigenvalue weighted by atomic mass is 32.2. The van der Waals surface area contributed by atoms with E-state index in [2.05, 4.69) is 18.8 Å². The van der Waals surface area contributed by atoms with Crippen molar-refractivity contribution >= 4 is 17.5 Å². The van der Waals surface area contributed by atoms with Crippen LogP contribution in [-0.2, 0) is 0 Å². The largest absolute Gasteiger partial charge is 0.295 e. The number of carbonyl (C=O) groups is 1. The van der Waals surface area contributed by atoms with Gasteiger partial charge in [0, 0.05) is 17.0 Å². The molecular formula is C11H15NOS. The van der Waals surface area contributed by atoms with E-state index in [9.17, 15) is 4.79 Å². The Morgan fingerprint density at radius 1 is 1.64 bits per heavy atom. The monoisotopic (exact) mass is 209 g/mol. The fraction of sp³-hybridized carbons (Fsp3) is 0.455. The summed E-state index contributed by atoms with van der Waals surface area (Å²) in [5, 5.41) is 1.48. The Morgan fingerprint density at radius 2 is 2.36 bits per heavy atom. The predicted molar refractivity (Wildman–Crippen MR) is 59.9 cm³/mol. The lowest BCUT2D eigenvalue weighted by atomic mass is 10.2. The van der Waals surface area contributed by atoms with Crippen LogP contribution < -0.4 is 0 Å². The van der Waals surface area contributed by atoms with E-state index in [1.54, 1.807) is 30.9 Å². The van der Waals surface area contributed by atoms with E-state index in [1.807, 2.05) is 6.07 Å². The second-order valence-electron chi connectivity index (χ2n) is 3.28. The fourth-order valence-electron chi connectivity index (χ4n) is 0.982. The number of hydrogen-bond donors (Lipinski definition) is 0. The lowest BCUT2D eigenvalue weighted by Crippen LogP contribution is -1.96. The molecule has 1 atom stereocenters. The maximum atomic E-state index is 11.1. The van der Waals surface area contributed by atoms with Gasteiger partial charge in [-0.25, -0.2) is 4.98 Å². The second-order valence-corrected chi connectivity index (χ2v) is 4.73. The van der Waals surface area contributed by atoms with Crippen molar-refractivity contribution in [3.05, 3.63) is 23.9 Å². The molecular weight excluding hydrogens is 194 g/mol. The maximum Gasteiger partial charge on any atom is 0.159 e. The van der Waals surface area contributed by atoms with Gasteiger partial charge in [-0.2, -0.15) is 0 Å². The molecule has 0 fully saturated rings. The summed E-state index contributed by atoms with van der Waals surface area (Å²) in [4.78, 5) is 15.3. The van der Waals surface area contributed by atoms with Crippen LogP contribution in [0.3, 0.4) is 0 Å². The first-order valence-electron chi connectivity index (χ1n) is 4.77. The molecule has 0 aliphatic carbocycles. The lowest BCUT2D eigenvalue weighted by Gasteiger charge is -2.07. The third-order valence-corrected chi connectivity index (χ3v) is 3.24.